The number of carboxylic acids is 1. The fourth-order valence-corrected chi connectivity index (χ4v) is 2.79. The molecule has 1 amide bonds. The van der Waals surface area contributed by atoms with Crippen molar-refractivity contribution in [3.63, 3.8) is 0 Å². The maximum atomic E-state index is 13.6. The first-order valence-corrected chi connectivity index (χ1v) is 6.72. The summed E-state index contributed by atoms with van der Waals surface area (Å²) in [6.07, 6.45) is 1.89. The van der Waals surface area contributed by atoms with Crippen molar-refractivity contribution in [3.05, 3.63) is 35.6 Å². The lowest BCUT2D eigenvalue weighted by atomic mass is 9.94. The van der Waals surface area contributed by atoms with Gasteiger partial charge in [0.25, 0.3) is 0 Å². The van der Waals surface area contributed by atoms with Gasteiger partial charge < -0.3 is 10.0 Å². The molecule has 20 heavy (non-hydrogen) atoms. The van der Waals surface area contributed by atoms with Gasteiger partial charge in [-0.05, 0) is 18.9 Å². The predicted octanol–water partition coefficient (Wildman–Crippen LogP) is 2.29. The van der Waals surface area contributed by atoms with E-state index in [1.165, 1.54) is 11.0 Å². The number of benzene rings is 1. The molecule has 1 saturated carbocycles. The van der Waals surface area contributed by atoms with E-state index < -0.39 is 17.8 Å². The Morgan fingerprint density at radius 3 is 2.60 bits per heavy atom. The molecule has 108 valence electrons. The molecule has 0 saturated heterocycles. The van der Waals surface area contributed by atoms with Gasteiger partial charge in [0.05, 0.1) is 11.8 Å². The van der Waals surface area contributed by atoms with E-state index in [0.717, 1.165) is 6.42 Å². The Balaban J connectivity index is 2.05. The fraction of sp³-hybridized carbons (Fsp3) is 0.467. The largest absolute Gasteiger partial charge is 0.481 e. The molecule has 1 aromatic rings. The number of halogens is 1. The van der Waals surface area contributed by atoms with Gasteiger partial charge in [-0.25, -0.2) is 4.39 Å². The second-order valence-corrected chi connectivity index (χ2v) is 5.27. The van der Waals surface area contributed by atoms with Gasteiger partial charge in [-0.3, -0.25) is 9.59 Å². The topological polar surface area (TPSA) is 57.6 Å². The van der Waals surface area contributed by atoms with Crippen molar-refractivity contribution in [2.45, 2.75) is 25.8 Å². The molecule has 2 unspecified atom stereocenters. The summed E-state index contributed by atoms with van der Waals surface area (Å²) in [5.74, 6) is -2.57. The van der Waals surface area contributed by atoms with E-state index in [-0.39, 0.29) is 18.3 Å². The highest BCUT2D eigenvalue weighted by Crippen LogP contribution is 2.33. The van der Waals surface area contributed by atoms with Crippen molar-refractivity contribution >= 4 is 11.9 Å². The van der Waals surface area contributed by atoms with Crippen molar-refractivity contribution in [2.75, 3.05) is 7.05 Å². The number of carboxylic acid groups (broad SMARTS) is 1. The van der Waals surface area contributed by atoms with Gasteiger partial charge >= 0.3 is 5.97 Å². The molecule has 5 heteroatoms. The first-order valence-electron chi connectivity index (χ1n) is 6.72. The van der Waals surface area contributed by atoms with Crippen molar-refractivity contribution in [1.29, 1.82) is 0 Å². The summed E-state index contributed by atoms with van der Waals surface area (Å²) in [5.41, 5.74) is 0.438. The zero-order valence-electron chi connectivity index (χ0n) is 11.4. The van der Waals surface area contributed by atoms with Gasteiger partial charge in [0, 0.05) is 19.2 Å². The minimum atomic E-state index is -0.917. The third-order valence-electron chi connectivity index (χ3n) is 3.89. The van der Waals surface area contributed by atoms with Gasteiger partial charge in [0.1, 0.15) is 5.82 Å². The molecule has 0 aromatic heterocycles. The Bertz CT molecular complexity index is 518. The normalized spacial score (nSPS) is 21.7. The molecular weight excluding hydrogens is 261 g/mol. The van der Waals surface area contributed by atoms with Gasteiger partial charge in [0.15, 0.2) is 0 Å². The molecule has 1 aromatic carbocycles. The van der Waals surface area contributed by atoms with Crippen LogP contribution in [0, 0.1) is 17.7 Å². The Kier molecular flexibility index (Phi) is 4.37. The van der Waals surface area contributed by atoms with Crippen molar-refractivity contribution in [1.82, 2.24) is 4.90 Å². The molecular formula is C15H18FNO3. The molecule has 1 N–H and O–H groups in total. The van der Waals surface area contributed by atoms with Crippen LogP contribution in [0.1, 0.15) is 24.8 Å². The van der Waals surface area contributed by atoms with Gasteiger partial charge in [0.2, 0.25) is 5.91 Å². The molecule has 0 heterocycles. The number of hydrogen-bond donors (Lipinski definition) is 1. The molecule has 0 radical (unpaired) electrons. The zero-order valence-corrected chi connectivity index (χ0v) is 11.4. The summed E-state index contributed by atoms with van der Waals surface area (Å²) in [5, 5.41) is 9.12. The van der Waals surface area contributed by atoms with Gasteiger partial charge in [-0.1, -0.05) is 24.6 Å². The maximum Gasteiger partial charge on any atom is 0.307 e. The van der Waals surface area contributed by atoms with Crippen LogP contribution in [0.3, 0.4) is 0 Å². The lowest BCUT2D eigenvalue weighted by molar-refractivity contribution is -0.148. The standard InChI is InChI=1S/C15H18FNO3/c1-17(9-10-5-2-3-8-13(10)16)14(18)11-6-4-7-12(11)15(19)20/h2-3,5,8,11-12H,4,6-7,9H2,1H3,(H,19,20). The summed E-state index contributed by atoms with van der Waals surface area (Å²) in [6.45, 7) is 0.161. The Morgan fingerprint density at radius 1 is 1.30 bits per heavy atom. The van der Waals surface area contributed by atoms with Crippen LogP contribution in [-0.4, -0.2) is 28.9 Å². The van der Waals surface area contributed by atoms with Crippen LogP contribution in [-0.2, 0) is 16.1 Å². The number of nitrogens with zero attached hydrogens (tertiary/aromatic N) is 1. The summed E-state index contributed by atoms with van der Waals surface area (Å²) in [7, 11) is 1.59. The van der Waals surface area contributed by atoms with Crippen LogP contribution < -0.4 is 0 Å². The quantitative estimate of drug-likeness (QED) is 0.920. The molecule has 0 aliphatic heterocycles. The molecule has 4 nitrogen and oxygen atoms in total. The van der Waals surface area contributed by atoms with Crippen LogP contribution >= 0.6 is 0 Å². The number of amides is 1. The fourth-order valence-electron chi connectivity index (χ4n) is 2.79. The van der Waals surface area contributed by atoms with E-state index in [2.05, 4.69) is 0 Å². The van der Waals surface area contributed by atoms with Crippen LogP contribution in [0.25, 0.3) is 0 Å². The zero-order chi connectivity index (χ0) is 14.7. The van der Waals surface area contributed by atoms with Crippen molar-refractivity contribution in [3.8, 4) is 0 Å². The van der Waals surface area contributed by atoms with E-state index >= 15 is 0 Å². The van der Waals surface area contributed by atoms with Crippen molar-refractivity contribution < 1.29 is 19.1 Å². The summed E-state index contributed by atoms with van der Waals surface area (Å²) < 4.78 is 13.6. The number of aliphatic carboxylic acids is 1. The van der Waals surface area contributed by atoms with Crippen molar-refractivity contribution in [2.24, 2.45) is 11.8 Å². The highest BCUT2D eigenvalue weighted by molar-refractivity contribution is 5.85. The molecule has 1 fully saturated rings. The van der Waals surface area contributed by atoms with Gasteiger partial charge in [-0.15, -0.1) is 0 Å². The van der Waals surface area contributed by atoms with Gasteiger partial charge in [-0.2, -0.15) is 0 Å². The smallest absolute Gasteiger partial charge is 0.307 e. The van der Waals surface area contributed by atoms with Crippen LogP contribution in [0.5, 0.6) is 0 Å². The summed E-state index contributed by atoms with van der Waals surface area (Å²) in [4.78, 5) is 24.9. The molecule has 1 aliphatic rings. The first-order chi connectivity index (χ1) is 9.50. The van der Waals surface area contributed by atoms with E-state index in [1.807, 2.05) is 0 Å². The monoisotopic (exact) mass is 279 g/mol. The maximum absolute atomic E-state index is 13.6. The Labute approximate surface area is 117 Å². The summed E-state index contributed by atoms with van der Waals surface area (Å²) >= 11 is 0. The molecule has 1 aliphatic carbocycles. The average Bonchev–Trinajstić information content (AvgIpc) is 2.89. The minimum absolute atomic E-state index is 0.161. The highest BCUT2D eigenvalue weighted by atomic mass is 19.1. The third kappa shape index (κ3) is 2.98. The first kappa shape index (κ1) is 14.5. The highest BCUT2D eigenvalue weighted by Gasteiger charge is 2.39. The lowest BCUT2D eigenvalue weighted by Crippen LogP contribution is -2.36. The predicted molar refractivity (Wildman–Crippen MR) is 71.3 cm³/mol. The molecule has 0 bridgehead atoms. The van der Waals surface area contributed by atoms with Crippen LogP contribution in [0.15, 0.2) is 24.3 Å². The molecule has 2 atom stereocenters. The van der Waals surface area contributed by atoms with E-state index in [9.17, 15) is 14.0 Å². The van der Waals surface area contributed by atoms with Crippen LogP contribution in [0.4, 0.5) is 4.39 Å². The second kappa shape index (κ2) is 6.03. The Hall–Kier alpha value is -1.91. The average molecular weight is 279 g/mol. The van der Waals surface area contributed by atoms with E-state index in [0.29, 0.717) is 18.4 Å². The lowest BCUT2D eigenvalue weighted by Gasteiger charge is -2.23. The van der Waals surface area contributed by atoms with E-state index in [1.54, 1.807) is 25.2 Å². The third-order valence-corrected chi connectivity index (χ3v) is 3.89. The number of carbonyl (C=O) groups is 2. The minimum Gasteiger partial charge on any atom is -0.481 e. The number of hydrogen-bond acceptors (Lipinski definition) is 2. The molecule has 0 spiro atoms. The van der Waals surface area contributed by atoms with Crippen LogP contribution in [0.2, 0.25) is 0 Å². The Morgan fingerprint density at radius 2 is 1.95 bits per heavy atom. The SMILES string of the molecule is CN(Cc1ccccc1F)C(=O)C1CCCC1C(=O)O. The second-order valence-electron chi connectivity index (χ2n) is 5.27. The van der Waals surface area contributed by atoms with E-state index in [4.69, 9.17) is 5.11 Å². The number of rotatable bonds is 4. The summed E-state index contributed by atoms with van der Waals surface area (Å²) in [6, 6.07) is 6.29. The number of carbonyl (C=O) groups excluding carboxylic acids is 1. The molecule has 2 rings (SSSR count).